The molecule has 9 heavy (non-hydrogen) atoms. The Labute approximate surface area is 58.1 Å². The number of nitrogens with zero attached hydrogens (tertiary/aromatic N) is 1. The van der Waals surface area contributed by atoms with Crippen molar-refractivity contribution in [2.24, 2.45) is 0 Å². The minimum absolute atomic E-state index is 0.502. The third-order valence-corrected chi connectivity index (χ3v) is 1.27. The lowest BCUT2D eigenvalue weighted by molar-refractivity contribution is 0.178. The Balaban J connectivity index is 3.27. The zero-order valence-corrected chi connectivity index (χ0v) is 6.14. The van der Waals surface area contributed by atoms with Crippen molar-refractivity contribution in [3.8, 4) is 0 Å². The lowest BCUT2D eigenvalue weighted by atomic mass is 10.9. The van der Waals surface area contributed by atoms with Crippen LogP contribution in [-0.4, -0.2) is 29.2 Å². The van der Waals surface area contributed by atoms with E-state index in [4.69, 9.17) is 9.29 Å². The quantitative estimate of drug-likeness (QED) is 0.486. The van der Waals surface area contributed by atoms with Crippen LogP contribution in [0.15, 0.2) is 0 Å². The first-order valence-electron chi connectivity index (χ1n) is 2.44. The summed E-state index contributed by atoms with van der Waals surface area (Å²) in [5.74, 6) is 0. The number of carbonyl (C=O) groups is 1. The lowest BCUT2D eigenvalue weighted by Crippen LogP contribution is -2.16. The van der Waals surface area contributed by atoms with E-state index in [2.05, 4.69) is 0 Å². The van der Waals surface area contributed by atoms with Gasteiger partial charge in [-0.3, -0.25) is 4.18 Å². The molecule has 5 heteroatoms. The Hall–Kier alpha value is -0.420. The SMILES string of the molecule is CCOSN(C)C(=O)O. The summed E-state index contributed by atoms with van der Waals surface area (Å²) >= 11 is 0.818. The Morgan fingerprint density at radius 3 is 2.78 bits per heavy atom. The van der Waals surface area contributed by atoms with Gasteiger partial charge in [0.15, 0.2) is 0 Å². The van der Waals surface area contributed by atoms with Crippen LogP contribution < -0.4 is 0 Å². The van der Waals surface area contributed by atoms with E-state index < -0.39 is 6.09 Å². The van der Waals surface area contributed by atoms with Crippen LogP contribution in [0.2, 0.25) is 0 Å². The highest BCUT2D eigenvalue weighted by Gasteiger charge is 2.04. The first-order valence-corrected chi connectivity index (χ1v) is 3.14. The fraction of sp³-hybridized carbons (Fsp3) is 0.750. The number of hydrogen-bond acceptors (Lipinski definition) is 3. The van der Waals surface area contributed by atoms with E-state index in [0.29, 0.717) is 6.61 Å². The zero-order valence-electron chi connectivity index (χ0n) is 5.33. The summed E-state index contributed by atoms with van der Waals surface area (Å²) in [6.45, 7) is 2.30. The minimum Gasteiger partial charge on any atom is -0.464 e. The van der Waals surface area contributed by atoms with Gasteiger partial charge in [0.05, 0.1) is 6.61 Å². The van der Waals surface area contributed by atoms with E-state index in [1.54, 1.807) is 6.92 Å². The Kier molecular flexibility index (Phi) is 4.25. The second kappa shape index (κ2) is 4.46. The van der Waals surface area contributed by atoms with Gasteiger partial charge < -0.3 is 5.11 Å². The number of rotatable bonds is 3. The summed E-state index contributed by atoms with van der Waals surface area (Å²) in [5, 5.41) is 8.23. The predicted octanol–water partition coefficient (Wildman–Crippen LogP) is 1.20. The molecular weight excluding hydrogens is 142 g/mol. The molecule has 0 atom stereocenters. The van der Waals surface area contributed by atoms with Gasteiger partial charge in [-0.05, 0) is 6.92 Å². The molecule has 0 rings (SSSR count). The molecule has 0 saturated heterocycles. The fourth-order valence-corrected chi connectivity index (χ4v) is 0.491. The van der Waals surface area contributed by atoms with Crippen molar-refractivity contribution in [1.29, 1.82) is 0 Å². The van der Waals surface area contributed by atoms with E-state index in [-0.39, 0.29) is 0 Å². The topological polar surface area (TPSA) is 49.8 Å². The van der Waals surface area contributed by atoms with Crippen molar-refractivity contribution in [3.05, 3.63) is 0 Å². The standard InChI is InChI=1S/C4H9NO3S/c1-3-8-9-5(2)4(6)7/h3H2,1-2H3,(H,6,7). The van der Waals surface area contributed by atoms with Gasteiger partial charge in [0.2, 0.25) is 0 Å². The minimum atomic E-state index is -1.01. The van der Waals surface area contributed by atoms with Gasteiger partial charge in [-0.15, -0.1) is 0 Å². The summed E-state index contributed by atoms with van der Waals surface area (Å²) in [6, 6.07) is 0. The van der Waals surface area contributed by atoms with E-state index in [9.17, 15) is 4.79 Å². The van der Waals surface area contributed by atoms with Crippen LogP contribution in [0.4, 0.5) is 4.79 Å². The molecule has 0 fully saturated rings. The lowest BCUT2D eigenvalue weighted by Gasteiger charge is -2.07. The molecule has 0 saturated carbocycles. The normalized spacial score (nSPS) is 9.11. The molecule has 0 aliphatic carbocycles. The summed E-state index contributed by atoms with van der Waals surface area (Å²) in [4.78, 5) is 10.0. The Morgan fingerprint density at radius 2 is 2.44 bits per heavy atom. The Bertz CT molecular complexity index is 97.8. The molecule has 0 aromatic rings. The molecule has 4 nitrogen and oxygen atoms in total. The van der Waals surface area contributed by atoms with Gasteiger partial charge in [-0.25, -0.2) is 9.10 Å². The van der Waals surface area contributed by atoms with E-state index in [0.717, 1.165) is 16.5 Å². The van der Waals surface area contributed by atoms with Gasteiger partial charge in [0.1, 0.15) is 12.2 Å². The predicted molar refractivity (Wildman–Crippen MR) is 35.0 cm³/mol. The maximum atomic E-state index is 10.0. The van der Waals surface area contributed by atoms with Crippen molar-refractivity contribution in [3.63, 3.8) is 0 Å². The maximum Gasteiger partial charge on any atom is 0.418 e. The highest BCUT2D eigenvalue weighted by atomic mass is 32.2. The summed E-state index contributed by atoms with van der Waals surface area (Å²) in [7, 11) is 1.42. The molecule has 0 spiro atoms. The molecule has 0 aliphatic rings. The monoisotopic (exact) mass is 151 g/mol. The number of amides is 1. The van der Waals surface area contributed by atoms with Gasteiger partial charge in [-0.1, -0.05) is 0 Å². The van der Waals surface area contributed by atoms with Gasteiger partial charge in [-0.2, -0.15) is 0 Å². The molecule has 0 aliphatic heterocycles. The van der Waals surface area contributed by atoms with Crippen LogP contribution >= 0.6 is 12.2 Å². The third kappa shape index (κ3) is 4.11. The van der Waals surface area contributed by atoms with Crippen molar-refractivity contribution < 1.29 is 14.1 Å². The molecule has 0 unspecified atom stereocenters. The molecule has 0 heterocycles. The smallest absolute Gasteiger partial charge is 0.418 e. The van der Waals surface area contributed by atoms with E-state index in [1.165, 1.54) is 7.05 Å². The van der Waals surface area contributed by atoms with Crippen molar-refractivity contribution >= 4 is 18.3 Å². The van der Waals surface area contributed by atoms with Crippen molar-refractivity contribution in [1.82, 2.24) is 4.31 Å². The van der Waals surface area contributed by atoms with Gasteiger partial charge in [0, 0.05) is 7.05 Å². The molecule has 0 radical (unpaired) electrons. The Morgan fingerprint density at radius 1 is 1.89 bits per heavy atom. The fourth-order valence-electron chi connectivity index (χ4n) is 0.164. The second-order valence-corrected chi connectivity index (χ2v) is 2.19. The molecule has 0 aromatic carbocycles. The van der Waals surface area contributed by atoms with Crippen LogP contribution in [-0.2, 0) is 4.18 Å². The highest BCUT2D eigenvalue weighted by Crippen LogP contribution is 2.06. The van der Waals surface area contributed by atoms with E-state index >= 15 is 0 Å². The molecule has 0 aromatic heterocycles. The van der Waals surface area contributed by atoms with Crippen molar-refractivity contribution in [2.75, 3.05) is 13.7 Å². The second-order valence-electron chi connectivity index (χ2n) is 1.26. The van der Waals surface area contributed by atoms with Crippen molar-refractivity contribution in [2.45, 2.75) is 6.92 Å². The van der Waals surface area contributed by atoms with E-state index in [1.807, 2.05) is 0 Å². The molecular formula is C4H9NO3S. The molecule has 54 valence electrons. The number of hydrogen-bond donors (Lipinski definition) is 1. The summed E-state index contributed by atoms with van der Waals surface area (Å²) in [5.41, 5.74) is 0. The van der Waals surface area contributed by atoms with Gasteiger partial charge in [0.25, 0.3) is 0 Å². The average molecular weight is 151 g/mol. The molecule has 1 amide bonds. The first kappa shape index (κ1) is 8.58. The van der Waals surface area contributed by atoms with Crippen LogP contribution in [0.1, 0.15) is 6.92 Å². The maximum absolute atomic E-state index is 10.0. The number of carboxylic acid groups (broad SMARTS) is 1. The summed E-state index contributed by atoms with van der Waals surface area (Å²) < 4.78 is 5.71. The van der Waals surface area contributed by atoms with Crippen LogP contribution in [0.3, 0.4) is 0 Å². The first-order chi connectivity index (χ1) is 4.18. The third-order valence-electron chi connectivity index (χ3n) is 0.552. The molecule has 1 N–H and O–H groups in total. The van der Waals surface area contributed by atoms with Crippen LogP contribution in [0.5, 0.6) is 0 Å². The average Bonchev–Trinajstić information content (AvgIpc) is 1.82. The van der Waals surface area contributed by atoms with Crippen LogP contribution in [0.25, 0.3) is 0 Å². The molecule has 0 bridgehead atoms. The summed E-state index contributed by atoms with van der Waals surface area (Å²) in [6.07, 6.45) is -1.01. The largest absolute Gasteiger partial charge is 0.464 e. The highest BCUT2D eigenvalue weighted by molar-refractivity contribution is 7.92. The zero-order chi connectivity index (χ0) is 7.28. The van der Waals surface area contributed by atoms with Gasteiger partial charge >= 0.3 is 6.09 Å². The van der Waals surface area contributed by atoms with Crippen LogP contribution in [0, 0.1) is 0 Å².